The summed E-state index contributed by atoms with van der Waals surface area (Å²) in [7, 11) is 0. The van der Waals surface area contributed by atoms with Crippen molar-refractivity contribution in [3.63, 3.8) is 0 Å². The van der Waals surface area contributed by atoms with Crippen LogP contribution in [-0.4, -0.2) is 34.7 Å². The van der Waals surface area contributed by atoms with Crippen molar-refractivity contribution in [3.05, 3.63) is 131 Å². The zero-order valence-electron chi connectivity index (χ0n) is 21.8. The van der Waals surface area contributed by atoms with Gasteiger partial charge in [-0.25, -0.2) is 4.39 Å². The summed E-state index contributed by atoms with van der Waals surface area (Å²) in [6.07, 6.45) is 2.06. The summed E-state index contributed by atoms with van der Waals surface area (Å²) in [5.74, 6) is -1.09. The Bertz CT molecular complexity index is 1520. The molecule has 0 aliphatic carbocycles. The number of ketones is 1. The van der Waals surface area contributed by atoms with Crippen LogP contribution in [0.15, 0.2) is 97.2 Å². The fourth-order valence-electron chi connectivity index (χ4n) is 4.91. The topological polar surface area (TPSA) is 105 Å². The van der Waals surface area contributed by atoms with Crippen LogP contribution in [0.25, 0.3) is 0 Å². The maximum Gasteiger partial charge on any atom is 0.250 e. The molecule has 0 saturated heterocycles. The summed E-state index contributed by atoms with van der Waals surface area (Å²) in [5.41, 5.74) is 9.93. The van der Waals surface area contributed by atoms with Gasteiger partial charge in [0, 0.05) is 36.2 Å². The van der Waals surface area contributed by atoms with Gasteiger partial charge < -0.3 is 16.0 Å². The Hall–Kier alpha value is -4.69. The molecular weight excluding hydrogens is 507 g/mol. The minimum atomic E-state index is -0.811. The molecule has 5 rings (SSSR count). The number of nitrogens with zero attached hydrogens (tertiary/aromatic N) is 2. The lowest BCUT2D eigenvalue weighted by atomic mass is 9.99. The molecule has 4 aromatic rings. The van der Waals surface area contributed by atoms with Crippen molar-refractivity contribution in [2.24, 2.45) is 5.73 Å². The van der Waals surface area contributed by atoms with Crippen LogP contribution in [0.1, 0.15) is 39.2 Å². The molecular formula is C32H29FN4O3. The number of pyridine rings is 1. The Kier molecular flexibility index (Phi) is 8.07. The van der Waals surface area contributed by atoms with Crippen molar-refractivity contribution < 1.29 is 18.8 Å². The summed E-state index contributed by atoms with van der Waals surface area (Å²) >= 11 is 0. The maximum absolute atomic E-state index is 14.0. The van der Waals surface area contributed by atoms with E-state index in [-0.39, 0.29) is 49.2 Å². The highest BCUT2D eigenvalue weighted by Gasteiger charge is 2.34. The number of rotatable bonds is 9. The lowest BCUT2D eigenvalue weighted by Crippen LogP contribution is -2.53. The molecule has 8 heteroatoms. The average molecular weight is 537 g/mol. The summed E-state index contributed by atoms with van der Waals surface area (Å²) in [6.45, 7) is 0.247. The number of halogens is 1. The van der Waals surface area contributed by atoms with Gasteiger partial charge >= 0.3 is 0 Å². The highest BCUT2D eigenvalue weighted by Crippen LogP contribution is 2.28. The minimum absolute atomic E-state index is 0.0515. The first-order valence-electron chi connectivity index (χ1n) is 13.1. The Balaban J connectivity index is 1.27. The van der Waals surface area contributed by atoms with E-state index in [9.17, 15) is 18.8 Å². The molecule has 0 radical (unpaired) electrons. The Morgan fingerprint density at radius 2 is 1.65 bits per heavy atom. The highest BCUT2D eigenvalue weighted by molar-refractivity contribution is 6.09. The van der Waals surface area contributed by atoms with Gasteiger partial charge in [-0.1, -0.05) is 72.8 Å². The number of fused-ring (bicyclic) bond motifs is 1. The number of carbonyl (C=O) groups is 3. The Morgan fingerprint density at radius 3 is 2.40 bits per heavy atom. The van der Waals surface area contributed by atoms with Crippen molar-refractivity contribution in [3.8, 4) is 0 Å². The lowest BCUT2D eigenvalue weighted by Gasteiger charge is -2.34. The van der Waals surface area contributed by atoms with Crippen molar-refractivity contribution in [1.82, 2.24) is 10.3 Å². The normalized spacial score (nSPS) is 15.3. The van der Waals surface area contributed by atoms with Gasteiger partial charge in [-0.05, 0) is 35.7 Å². The second kappa shape index (κ2) is 12.0. The fraction of sp³-hybridized carbons (Fsp3) is 0.188. The van der Waals surface area contributed by atoms with E-state index in [2.05, 4.69) is 10.3 Å². The van der Waals surface area contributed by atoms with Gasteiger partial charge in [0.1, 0.15) is 11.9 Å². The number of aromatic nitrogens is 1. The molecule has 40 heavy (non-hydrogen) atoms. The van der Waals surface area contributed by atoms with E-state index in [1.807, 2.05) is 36.4 Å². The lowest BCUT2D eigenvalue weighted by molar-refractivity contribution is -0.128. The average Bonchev–Trinajstić information content (AvgIpc) is 2.97. The van der Waals surface area contributed by atoms with Crippen molar-refractivity contribution in [1.29, 1.82) is 0 Å². The molecule has 202 valence electrons. The van der Waals surface area contributed by atoms with Crippen LogP contribution < -0.4 is 16.0 Å². The van der Waals surface area contributed by atoms with E-state index in [1.165, 1.54) is 6.07 Å². The zero-order chi connectivity index (χ0) is 28.1. The number of hydrogen-bond donors (Lipinski definition) is 2. The third-order valence-electron chi connectivity index (χ3n) is 6.93. The number of carbonyl (C=O) groups excluding carboxylic acids is 3. The van der Waals surface area contributed by atoms with Gasteiger partial charge in [0.05, 0.1) is 17.9 Å². The predicted octanol–water partition coefficient (Wildman–Crippen LogP) is 3.99. The molecule has 1 aromatic heterocycles. The van der Waals surface area contributed by atoms with Crippen LogP contribution in [0, 0.1) is 5.82 Å². The molecule has 2 amide bonds. The van der Waals surface area contributed by atoms with Crippen molar-refractivity contribution in [2.75, 3.05) is 4.90 Å². The van der Waals surface area contributed by atoms with Gasteiger partial charge in [0.15, 0.2) is 5.78 Å². The third-order valence-corrected chi connectivity index (χ3v) is 6.93. The smallest absolute Gasteiger partial charge is 0.250 e. The molecule has 3 aromatic carbocycles. The number of nitrogens with two attached hydrogens (primary N) is 1. The molecule has 3 N–H and O–H groups in total. The molecule has 1 unspecified atom stereocenters. The fourth-order valence-corrected chi connectivity index (χ4v) is 4.91. The van der Waals surface area contributed by atoms with Gasteiger partial charge in [0.25, 0.3) is 0 Å². The quantitative estimate of drug-likeness (QED) is 0.315. The first-order valence-corrected chi connectivity index (χ1v) is 13.1. The molecule has 0 bridgehead atoms. The van der Waals surface area contributed by atoms with E-state index in [0.29, 0.717) is 28.1 Å². The van der Waals surface area contributed by atoms with Crippen LogP contribution in [0.5, 0.6) is 0 Å². The first kappa shape index (κ1) is 26.9. The van der Waals surface area contributed by atoms with Crippen LogP contribution in [-0.2, 0) is 29.0 Å². The maximum atomic E-state index is 14.0. The number of nitrogens with one attached hydrogen (secondary N) is 1. The zero-order valence-corrected chi connectivity index (χ0v) is 21.8. The highest BCUT2D eigenvalue weighted by atomic mass is 19.1. The standard InChI is InChI=1S/C32H29FN4O3/c33-26-10-5-4-9-24(26)17-25(34)18-30(38)36-28-19-27-29(11-6-16-35-27)37(32(28)40)20-21-12-14-23(15-13-21)31(39)22-7-2-1-3-8-22/h1-16,25,28H,17-20,34H2,(H,36,38)/t25-,28?/m1/s1. The molecule has 0 saturated carbocycles. The van der Waals surface area contributed by atoms with Crippen molar-refractivity contribution in [2.45, 2.75) is 37.9 Å². The predicted molar refractivity (Wildman–Crippen MR) is 150 cm³/mol. The molecule has 0 fully saturated rings. The summed E-state index contributed by atoms with van der Waals surface area (Å²) in [5, 5.41) is 2.81. The molecule has 1 aliphatic heterocycles. The summed E-state index contributed by atoms with van der Waals surface area (Å²) < 4.78 is 14.0. The van der Waals surface area contributed by atoms with Crippen LogP contribution in [0.4, 0.5) is 10.1 Å². The number of anilines is 1. The summed E-state index contributed by atoms with van der Waals surface area (Å²) in [4.78, 5) is 45.2. The van der Waals surface area contributed by atoms with Crippen LogP contribution in [0.3, 0.4) is 0 Å². The van der Waals surface area contributed by atoms with E-state index in [1.54, 1.807) is 59.6 Å². The third kappa shape index (κ3) is 6.13. The van der Waals surface area contributed by atoms with E-state index in [4.69, 9.17) is 5.73 Å². The van der Waals surface area contributed by atoms with Gasteiger partial charge in [-0.3, -0.25) is 19.4 Å². The minimum Gasteiger partial charge on any atom is -0.344 e. The van der Waals surface area contributed by atoms with Crippen molar-refractivity contribution >= 4 is 23.3 Å². The van der Waals surface area contributed by atoms with Crippen LogP contribution in [0.2, 0.25) is 0 Å². The van der Waals surface area contributed by atoms with Gasteiger partial charge in [-0.15, -0.1) is 0 Å². The largest absolute Gasteiger partial charge is 0.344 e. The Labute approximate surface area is 231 Å². The SMILES string of the molecule is N[C@@H](CC(=O)NC1Cc2ncccc2N(Cc2ccc(C(=O)c3ccccc3)cc2)C1=O)Cc1ccccc1F. The summed E-state index contributed by atoms with van der Waals surface area (Å²) in [6, 6.07) is 24.7. The van der Waals surface area contributed by atoms with Crippen LogP contribution >= 0.6 is 0 Å². The second-order valence-electron chi connectivity index (χ2n) is 9.87. The van der Waals surface area contributed by atoms with Gasteiger partial charge in [0.2, 0.25) is 11.8 Å². The molecule has 2 heterocycles. The number of amides is 2. The molecule has 0 spiro atoms. The Morgan fingerprint density at radius 1 is 0.950 bits per heavy atom. The first-order chi connectivity index (χ1) is 19.4. The van der Waals surface area contributed by atoms with Gasteiger partial charge in [-0.2, -0.15) is 0 Å². The van der Waals surface area contributed by atoms with E-state index >= 15 is 0 Å². The van der Waals surface area contributed by atoms with E-state index < -0.39 is 12.1 Å². The molecule has 1 aliphatic rings. The number of benzene rings is 3. The number of hydrogen-bond acceptors (Lipinski definition) is 5. The second-order valence-corrected chi connectivity index (χ2v) is 9.87. The monoisotopic (exact) mass is 536 g/mol. The molecule has 7 nitrogen and oxygen atoms in total. The van der Waals surface area contributed by atoms with E-state index in [0.717, 1.165) is 5.56 Å². The molecule has 2 atom stereocenters.